The highest BCUT2D eigenvalue weighted by Gasteiger charge is 2.17. The van der Waals surface area contributed by atoms with Crippen molar-refractivity contribution >= 4 is 0 Å². The maximum absolute atomic E-state index is 5.48. The first-order chi connectivity index (χ1) is 4.59. The van der Waals surface area contributed by atoms with Crippen LogP contribution in [0.4, 0.5) is 0 Å². The molecule has 0 heterocycles. The predicted octanol–water partition coefficient (Wildman–Crippen LogP) is 0.640. The molecule has 0 fully saturated rings. The fraction of sp³-hybridized carbons (Fsp3) is 1.00. The molecule has 2 heteroatoms. The predicted molar refractivity (Wildman–Crippen MR) is 42.9 cm³/mol. The van der Waals surface area contributed by atoms with E-state index >= 15 is 0 Å². The molecule has 62 valence electrons. The van der Waals surface area contributed by atoms with Crippen molar-refractivity contribution in [3.8, 4) is 0 Å². The van der Waals surface area contributed by atoms with E-state index in [1.165, 1.54) is 5.06 Å². The van der Waals surface area contributed by atoms with E-state index in [2.05, 4.69) is 27.7 Å². The van der Waals surface area contributed by atoms with Crippen LogP contribution >= 0.6 is 0 Å². The molecule has 0 amide bonds. The molecule has 0 bridgehead atoms. The van der Waals surface area contributed by atoms with Gasteiger partial charge >= 0.3 is 0 Å². The molecule has 0 aromatic rings. The van der Waals surface area contributed by atoms with Gasteiger partial charge in [-0.3, -0.25) is 0 Å². The van der Waals surface area contributed by atoms with Crippen LogP contribution in [0.25, 0.3) is 0 Å². The van der Waals surface area contributed by atoms with Crippen LogP contribution in [0, 0.1) is 0 Å². The van der Waals surface area contributed by atoms with E-state index in [-0.39, 0.29) is 0 Å². The second kappa shape index (κ2) is 4.69. The van der Waals surface area contributed by atoms with Crippen LogP contribution in [0.1, 0.15) is 34.6 Å². The van der Waals surface area contributed by atoms with Crippen molar-refractivity contribution < 1.29 is 9.90 Å². The number of hydrogen-bond acceptors (Lipinski definition) is 1. The fourth-order valence-corrected chi connectivity index (χ4v) is 1.17. The van der Waals surface area contributed by atoms with Crippen LogP contribution < -0.4 is 5.06 Å². The second-order valence-corrected chi connectivity index (χ2v) is 3.14. The Bertz CT molecular complexity index is 73.3. The summed E-state index contributed by atoms with van der Waals surface area (Å²) in [6.45, 7) is 11.5. The maximum Gasteiger partial charge on any atom is 0.112 e. The van der Waals surface area contributed by atoms with Crippen LogP contribution in [0.2, 0.25) is 0 Å². The third kappa shape index (κ3) is 3.18. The van der Waals surface area contributed by atoms with E-state index in [0.29, 0.717) is 12.1 Å². The zero-order valence-electron chi connectivity index (χ0n) is 7.77. The summed E-state index contributed by atoms with van der Waals surface area (Å²) in [7, 11) is 0. The van der Waals surface area contributed by atoms with Crippen molar-refractivity contribution in [1.82, 2.24) is 0 Å². The molecule has 0 unspecified atom stereocenters. The number of hydrogen-bond donors (Lipinski definition) is 1. The summed E-state index contributed by atoms with van der Waals surface area (Å²) >= 11 is 0. The van der Waals surface area contributed by atoms with Crippen LogP contribution in [-0.2, 0) is 4.84 Å². The van der Waals surface area contributed by atoms with Gasteiger partial charge in [-0.1, -0.05) is 0 Å². The van der Waals surface area contributed by atoms with Gasteiger partial charge < -0.3 is 0 Å². The van der Waals surface area contributed by atoms with Gasteiger partial charge in [-0.05, 0) is 34.6 Å². The Balaban J connectivity index is 3.73. The van der Waals surface area contributed by atoms with E-state index in [1.54, 1.807) is 0 Å². The quantitative estimate of drug-likeness (QED) is 0.575. The van der Waals surface area contributed by atoms with Crippen molar-refractivity contribution in [2.75, 3.05) is 6.61 Å². The Morgan fingerprint density at radius 2 is 1.50 bits per heavy atom. The molecule has 1 N–H and O–H groups in total. The van der Waals surface area contributed by atoms with Gasteiger partial charge in [0, 0.05) is 0 Å². The Morgan fingerprint density at radius 3 is 1.60 bits per heavy atom. The topological polar surface area (TPSA) is 13.7 Å². The van der Waals surface area contributed by atoms with Crippen LogP contribution in [-0.4, -0.2) is 18.7 Å². The molecular formula is C8H20NO+. The fourth-order valence-electron chi connectivity index (χ4n) is 1.17. The van der Waals surface area contributed by atoms with E-state index in [9.17, 15) is 0 Å². The highest BCUT2D eigenvalue weighted by Crippen LogP contribution is 1.76. The standard InChI is InChI=1S/C8H19NO/c1-6-10-9(7(2)3)8(4)5/h7-8H,6H2,1-5H3/p+1. The number of hydroxylamine groups is 2. The van der Waals surface area contributed by atoms with Crippen molar-refractivity contribution in [1.29, 1.82) is 0 Å². The molecule has 0 aliphatic rings. The molecular weight excluding hydrogens is 126 g/mol. The van der Waals surface area contributed by atoms with Crippen LogP contribution in [0.3, 0.4) is 0 Å². The molecule has 0 aromatic heterocycles. The average molecular weight is 146 g/mol. The molecule has 2 nitrogen and oxygen atoms in total. The lowest BCUT2D eigenvalue weighted by atomic mass is 10.3. The molecule has 0 saturated carbocycles. The summed E-state index contributed by atoms with van der Waals surface area (Å²) in [5.74, 6) is 0. The largest absolute Gasteiger partial charge is 0.205 e. The molecule has 0 aliphatic heterocycles. The first-order valence-electron chi connectivity index (χ1n) is 4.09. The first-order valence-corrected chi connectivity index (χ1v) is 4.09. The van der Waals surface area contributed by atoms with Crippen LogP contribution in [0.15, 0.2) is 0 Å². The SMILES string of the molecule is CCO[NH+](C(C)C)C(C)C. The second-order valence-electron chi connectivity index (χ2n) is 3.14. The molecule has 0 rings (SSSR count). The smallest absolute Gasteiger partial charge is 0.112 e. The third-order valence-electron chi connectivity index (χ3n) is 1.45. The highest BCUT2D eigenvalue weighted by molar-refractivity contribution is 4.34. The molecule has 0 aliphatic carbocycles. The Morgan fingerprint density at radius 1 is 1.10 bits per heavy atom. The minimum atomic E-state index is 0.556. The van der Waals surface area contributed by atoms with E-state index in [1.807, 2.05) is 6.92 Å². The molecule has 0 aromatic carbocycles. The Kier molecular flexibility index (Phi) is 4.65. The van der Waals surface area contributed by atoms with E-state index < -0.39 is 0 Å². The van der Waals surface area contributed by atoms with Crippen molar-refractivity contribution in [3.05, 3.63) is 0 Å². The van der Waals surface area contributed by atoms with Gasteiger partial charge in [0.1, 0.15) is 18.7 Å². The average Bonchev–Trinajstić information content (AvgIpc) is 1.81. The van der Waals surface area contributed by atoms with Gasteiger partial charge in [0.15, 0.2) is 0 Å². The summed E-state index contributed by atoms with van der Waals surface area (Å²) in [6, 6.07) is 1.11. The number of nitrogens with one attached hydrogen (secondary N) is 1. The van der Waals surface area contributed by atoms with Gasteiger partial charge in [-0.25, -0.2) is 4.84 Å². The van der Waals surface area contributed by atoms with Gasteiger partial charge in [-0.15, -0.1) is 0 Å². The molecule has 0 saturated heterocycles. The third-order valence-corrected chi connectivity index (χ3v) is 1.45. The Hall–Kier alpha value is -0.0800. The molecule has 0 spiro atoms. The summed E-state index contributed by atoms with van der Waals surface area (Å²) in [4.78, 5) is 5.48. The minimum absolute atomic E-state index is 0.556. The number of rotatable bonds is 4. The van der Waals surface area contributed by atoms with Crippen molar-refractivity contribution in [2.24, 2.45) is 0 Å². The van der Waals surface area contributed by atoms with Gasteiger partial charge in [0.2, 0.25) is 0 Å². The summed E-state index contributed by atoms with van der Waals surface area (Å²) < 4.78 is 0. The van der Waals surface area contributed by atoms with Crippen molar-refractivity contribution in [3.63, 3.8) is 0 Å². The lowest BCUT2D eigenvalue weighted by molar-refractivity contribution is -1.12. The number of quaternary nitrogens is 1. The van der Waals surface area contributed by atoms with Gasteiger partial charge in [0.25, 0.3) is 0 Å². The van der Waals surface area contributed by atoms with E-state index in [0.717, 1.165) is 6.61 Å². The van der Waals surface area contributed by atoms with Gasteiger partial charge in [-0.2, -0.15) is 5.06 Å². The normalized spacial score (nSPS) is 12.0. The van der Waals surface area contributed by atoms with Gasteiger partial charge in [0.05, 0.1) is 0 Å². The zero-order chi connectivity index (χ0) is 8.15. The molecule has 0 atom stereocenters. The summed E-state index contributed by atoms with van der Waals surface area (Å²) in [5, 5.41) is 1.22. The summed E-state index contributed by atoms with van der Waals surface area (Å²) in [5.41, 5.74) is 0. The monoisotopic (exact) mass is 146 g/mol. The minimum Gasteiger partial charge on any atom is -0.205 e. The Labute approximate surface area is 64.1 Å². The van der Waals surface area contributed by atoms with Crippen molar-refractivity contribution in [2.45, 2.75) is 46.7 Å². The highest BCUT2D eigenvalue weighted by atomic mass is 16.7. The zero-order valence-corrected chi connectivity index (χ0v) is 7.77. The molecule has 0 radical (unpaired) electrons. The van der Waals surface area contributed by atoms with Crippen LogP contribution in [0.5, 0.6) is 0 Å². The van der Waals surface area contributed by atoms with E-state index in [4.69, 9.17) is 4.84 Å². The first kappa shape index (κ1) is 9.92. The summed E-state index contributed by atoms with van der Waals surface area (Å²) in [6.07, 6.45) is 0. The molecule has 10 heavy (non-hydrogen) atoms. The lowest BCUT2D eigenvalue weighted by Crippen LogP contribution is -3.17. The maximum atomic E-state index is 5.48. The lowest BCUT2D eigenvalue weighted by Gasteiger charge is -2.23.